The SMILES string of the molecule is CCCCCCCCCCCCCCP(CCCCCC)(CCCCCC)(CCCCCC)OC(=O)c1ccc(NC)cc1. The molecule has 4 heteroatoms. The van der Waals surface area contributed by atoms with Crippen LogP contribution in [0.1, 0.15) is 192 Å². The fourth-order valence-corrected chi connectivity index (χ4v) is 13.5. The van der Waals surface area contributed by atoms with Gasteiger partial charge in [-0.25, -0.2) is 0 Å². The minimum atomic E-state index is -2.74. The summed E-state index contributed by atoms with van der Waals surface area (Å²) in [5.74, 6) is -0.0502. The van der Waals surface area contributed by atoms with Gasteiger partial charge in [0.1, 0.15) is 0 Å². The molecule has 0 saturated carbocycles. The van der Waals surface area contributed by atoms with Gasteiger partial charge >= 0.3 is 263 Å². The Morgan fingerprint density at radius 1 is 0.500 bits per heavy atom. The average molecular weight is 634 g/mol. The summed E-state index contributed by atoms with van der Waals surface area (Å²) in [6.07, 6.45) is 36.1. The standard InChI is InChI=1S/C40H76NO2P/c1-6-10-14-18-19-20-21-22-23-24-25-29-37-44(34-26-15-11-7-2,35-27-16-12-8-3,36-28-17-13-9-4)43-40(42)38-30-32-39(41-5)33-31-38/h30-33,41H,6-29,34-37H2,1-5H3. The van der Waals surface area contributed by atoms with Gasteiger partial charge < -0.3 is 0 Å². The van der Waals surface area contributed by atoms with Gasteiger partial charge in [-0.3, -0.25) is 0 Å². The molecule has 0 aliphatic carbocycles. The Morgan fingerprint density at radius 3 is 1.11 bits per heavy atom. The summed E-state index contributed by atoms with van der Waals surface area (Å²) in [6, 6.07) is 7.96. The molecule has 1 N–H and O–H groups in total. The first kappa shape index (κ1) is 40.9. The zero-order chi connectivity index (χ0) is 32.2. The minimum absolute atomic E-state index is 0.0502. The zero-order valence-electron chi connectivity index (χ0n) is 30.4. The van der Waals surface area contributed by atoms with Gasteiger partial charge in [-0.1, -0.05) is 13.3 Å². The molecule has 0 bridgehead atoms. The number of carbonyl (C=O) groups is 1. The van der Waals surface area contributed by atoms with Crippen molar-refractivity contribution in [3.63, 3.8) is 0 Å². The Balaban J connectivity index is 3.08. The molecule has 0 aliphatic rings. The molecule has 0 aliphatic heterocycles. The van der Waals surface area contributed by atoms with E-state index in [4.69, 9.17) is 4.52 Å². The molecule has 0 saturated heterocycles. The summed E-state index contributed by atoms with van der Waals surface area (Å²) in [7, 11) is 1.93. The van der Waals surface area contributed by atoms with Crippen LogP contribution in [0.5, 0.6) is 0 Å². The van der Waals surface area contributed by atoms with Crippen LogP contribution in [-0.2, 0) is 4.52 Å². The predicted molar refractivity (Wildman–Crippen MR) is 201 cm³/mol. The number of rotatable bonds is 31. The van der Waals surface area contributed by atoms with Crippen LogP contribution in [0.2, 0.25) is 0 Å². The molecule has 0 radical (unpaired) electrons. The van der Waals surface area contributed by atoms with Crippen molar-refractivity contribution in [2.24, 2.45) is 0 Å². The Bertz CT molecular complexity index is 774. The molecule has 1 rings (SSSR count). The number of unbranched alkanes of at least 4 members (excludes halogenated alkanes) is 20. The van der Waals surface area contributed by atoms with E-state index in [2.05, 4.69) is 33.0 Å². The fourth-order valence-electron chi connectivity index (χ4n) is 7.08. The second-order valence-electron chi connectivity index (χ2n) is 14.0. The van der Waals surface area contributed by atoms with Gasteiger partial charge in [0, 0.05) is 0 Å². The van der Waals surface area contributed by atoms with E-state index in [9.17, 15) is 4.79 Å². The molecule has 0 atom stereocenters. The molecular formula is C40H76NO2P. The van der Waals surface area contributed by atoms with E-state index in [1.54, 1.807) is 0 Å². The number of hydrogen-bond donors (Lipinski definition) is 1. The summed E-state index contributed by atoms with van der Waals surface area (Å²) < 4.78 is 7.20. The third kappa shape index (κ3) is 17.6. The van der Waals surface area contributed by atoms with Crippen LogP contribution in [0.4, 0.5) is 5.69 Å². The van der Waals surface area contributed by atoms with Crippen molar-refractivity contribution in [2.45, 2.75) is 182 Å². The third-order valence-corrected chi connectivity index (χ3v) is 16.5. The maximum atomic E-state index is 14.0. The van der Waals surface area contributed by atoms with Gasteiger partial charge in [-0.05, 0) is 0 Å². The van der Waals surface area contributed by atoms with Gasteiger partial charge in [0.15, 0.2) is 0 Å². The van der Waals surface area contributed by atoms with Crippen molar-refractivity contribution in [2.75, 3.05) is 37.0 Å². The molecule has 0 spiro atoms. The summed E-state index contributed by atoms with van der Waals surface area (Å²) in [5, 5.41) is 3.19. The molecular weight excluding hydrogens is 557 g/mol. The Labute approximate surface area is 275 Å². The average Bonchev–Trinajstić information content (AvgIpc) is 3.04. The number of anilines is 1. The number of nitrogens with one attached hydrogen (secondary N) is 1. The molecule has 44 heavy (non-hydrogen) atoms. The molecule has 3 nitrogen and oxygen atoms in total. The molecule has 0 unspecified atom stereocenters. The Morgan fingerprint density at radius 2 is 0.795 bits per heavy atom. The van der Waals surface area contributed by atoms with E-state index >= 15 is 0 Å². The molecule has 1 aromatic rings. The van der Waals surface area contributed by atoms with E-state index in [-0.39, 0.29) is 5.97 Å². The van der Waals surface area contributed by atoms with Gasteiger partial charge in [0.25, 0.3) is 0 Å². The summed E-state index contributed by atoms with van der Waals surface area (Å²) in [4.78, 5) is 14.0. The third-order valence-electron chi connectivity index (χ3n) is 10.1. The van der Waals surface area contributed by atoms with E-state index in [1.807, 2.05) is 31.3 Å². The van der Waals surface area contributed by atoms with Crippen molar-refractivity contribution in [3.05, 3.63) is 29.8 Å². The topological polar surface area (TPSA) is 38.3 Å². The van der Waals surface area contributed by atoms with E-state index in [0.29, 0.717) is 0 Å². The number of benzene rings is 1. The first-order valence-corrected chi connectivity index (χ1v) is 22.4. The van der Waals surface area contributed by atoms with Crippen LogP contribution in [0.15, 0.2) is 24.3 Å². The van der Waals surface area contributed by atoms with Crippen LogP contribution in [0.3, 0.4) is 0 Å². The first-order valence-electron chi connectivity index (χ1n) is 19.5. The van der Waals surface area contributed by atoms with E-state index < -0.39 is 6.83 Å². The summed E-state index contributed by atoms with van der Waals surface area (Å²) in [6.45, 7) is 6.47. The van der Waals surface area contributed by atoms with Gasteiger partial charge in [-0.15, -0.1) is 0 Å². The van der Waals surface area contributed by atoms with Crippen LogP contribution < -0.4 is 5.32 Å². The Kier molecular flexibility index (Phi) is 24.2. The van der Waals surface area contributed by atoms with Gasteiger partial charge in [-0.2, -0.15) is 0 Å². The van der Waals surface area contributed by atoms with Crippen molar-refractivity contribution >= 4 is 18.5 Å². The predicted octanol–water partition coefficient (Wildman–Crippen LogP) is 13.8. The number of hydrogen-bond acceptors (Lipinski definition) is 3. The van der Waals surface area contributed by atoms with Crippen molar-refractivity contribution in [3.8, 4) is 0 Å². The number of carbonyl (C=O) groups excluding carboxylic acids is 1. The molecule has 0 aromatic heterocycles. The fraction of sp³-hybridized carbons (Fsp3) is 0.825. The molecule has 0 amide bonds. The van der Waals surface area contributed by atoms with Crippen LogP contribution >= 0.6 is 6.83 Å². The van der Waals surface area contributed by atoms with Crippen molar-refractivity contribution in [1.82, 2.24) is 0 Å². The molecule has 1 aromatic carbocycles. The second-order valence-corrected chi connectivity index (χ2v) is 19.7. The zero-order valence-corrected chi connectivity index (χ0v) is 31.3. The quantitative estimate of drug-likeness (QED) is 0.0653. The second kappa shape index (κ2) is 26.0. The van der Waals surface area contributed by atoms with Crippen molar-refractivity contribution < 1.29 is 9.32 Å². The molecule has 0 fully saturated rings. The normalized spacial score (nSPS) is 12.6. The summed E-state index contributed by atoms with van der Waals surface area (Å²) >= 11 is 0. The van der Waals surface area contributed by atoms with Crippen LogP contribution in [-0.4, -0.2) is 37.7 Å². The first-order chi connectivity index (χ1) is 21.5. The Hall–Kier alpha value is -1.08. The van der Waals surface area contributed by atoms with E-state index in [0.717, 1.165) is 35.9 Å². The van der Waals surface area contributed by atoms with Gasteiger partial charge in [0.05, 0.1) is 0 Å². The molecule has 258 valence electrons. The van der Waals surface area contributed by atoms with Crippen LogP contribution in [0, 0.1) is 0 Å². The van der Waals surface area contributed by atoms with Crippen LogP contribution in [0.25, 0.3) is 0 Å². The molecule has 0 heterocycles. The van der Waals surface area contributed by atoms with Crippen molar-refractivity contribution in [1.29, 1.82) is 0 Å². The van der Waals surface area contributed by atoms with E-state index in [1.165, 1.54) is 154 Å². The van der Waals surface area contributed by atoms with Gasteiger partial charge in [0.2, 0.25) is 0 Å². The monoisotopic (exact) mass is 634 g/mol. The maximum absolute atomic E-state index is 14.0. The summed E-state index contributed by atoms with van der Waals surface area (Å²) in [5.41, 5.74) is 1.76.